The van der Waals surface area contributed by atoms with Gasteiger partial charge in [0.05, 0.1) is 0 Å². The number of thiophene rings is 1. The molecule has 0 aliphatic rings. The number of ketones is 1. The van der Waals surface area contributed by atoms with Crippen LogP contribution in [0.3, 0.4) is 0 Å². The van der Waals surface area contributed by atoms with Gasteiger partial charge < -0.3 is 5.32 Å². The summed E-state index contributed by atoms with van der Waals surface area (Å²) in [5.41, 5.74) is 1.24. The lowest BCUT2D eigenvalue weighted by molar-refractivity contribution is -0.136. The Morgan fingerprint density at radius 1 is 1.50 bits per heavy atom. The molecular weight excluding hydrogens is 198 g/mol. The monoisotopic (exact) mass is 211 g/mol. The molecular formula is C10H13NO2S. The number of amides is 1. The van der Waals surface area contributed by atoms with E-state index in [0.717, 1.165) is 6.42 Å². The van der Waals surface area contributed by atoms with Crippen molar-refractivity contribution in [1.82, 2.24) is 5.32 Å². The molecule has 0 bridgehead atoms. The lowest BCUT2D eigenvalue weighted by Crippen LogP contribution is -2.30. The second-order valence-electron chi connectivity index (χ2n) is 3.09. The van der Waals surface area contributed by atoms with E-state index in [9.17, 15) is 9.59 Å². The summed E-state index contributed by atoms with van der Waals surface area (Å²) in [5, 5.41) is 4.59. The second kappa shape index (κ2) is 4.91. The summed E-state index contributed by atoms with van der Waals surface area (Å²) in [4.78, 5) is 22.8. The predicted octanol–water partition coefficient (Wildman–Crippen LogP) is 1.30. The summed E-state index contributed by atoms with van der Waals surface area (Å²) in [6.45, 7) is 3.84. The van der Waals surface area contributed by atoms with Gasteiger partial charge in [0.2, 0.25) is 5.78 Å². The second-order valence-corrected chi connectivity index (χ2v) is 4.09. The molecule has 1 rings (SSSR count). The van der Waals surface area contributed by atoms with E-state index in [4.69, 9.17) is 0 Å². The van der Waals surface area contributed by atoms with Crippen LogP contribution in [-0.2, 0) is 16.0 Å². The minimum absolute atomic E-state index is 0.437. The fourth-order valence-corrected chi connectivity index (χ4v) is 1.98. The van der Waals surface area contributed by atoms with Crippen molar-refractivity contribution in [2.75, 3.05) is 6.54 Å². The van der Waals surface area contributed by atoms with E-state index in [0.29, 0.717) is 6.54 Å². The average Bonchev–Trinajstić information content (AvgIpc) is 2.51. The van der Waals surface area contributed by atoms with Crippen LogP contribution in [0.15, 0.2) is 11.4 Å². The Kier molecular flexibility index (Phi) is 3.83. The molecule has 0 aromatic carbocycles. The Labute approximate surface area is 87.1 Å². The van der Waals surface area contributed by atoms with Gasteiger partial charge in [-0.1, -0.05) is 0 Å². The molecule has 0 aliphatic heterocycles. The summed E-state index contributed by atoms with van der Waals surface area (Å²) in [7, 11) is 0. The number of aryl methyl sites for hydroxylation is 1. The number of hydrogen-bond acceptors (Lipinski definition) is 3. The summed E-state index contributed by atoms with van der Waals surface area (Å²) in [6, 6.07) is 2.05. The quantitative estimate of drug-likeness (QED) is 0.763. The molecule has 14 heavy (non-hydrogen) atoms. The van der Waals surface area contributed by atoms with E-state index in [1.807, 2.05) is 18.4 Å². The van der Waals surface area contributed by atoms with Crippen molar-refractivity contribution in [2.24, 2.45) is 0 Å². The largest absolute Gasteiger partial charge is 0.349 e. The van der Waals surface area contributed by atoms with E-state index < -0.39 is 11.7 Å². The van der Waals surface area contributed by atoms with Crippen molar-refractivity contribution >= 4 is 23.0 Å². The maximum absolute atomic E-state index is 10.9. The first-order valence-electron chi connectivity index (χ1n) is 4.43. The molecule has 1 aromatic heterocycles. The number of carbonyl (C=O) groups is 2. The molecule has 1 heterocycles. The fourth-order valence-electron chi connectivity index (χ4n) is 1.07. The Hall–Kier alpha value is -1.16. The van der Waals surface area contributed by atoms with Gasteiger partial charge in [-0.25, -0.2) is 0 Å². The third kappa shape index (κ3) is 2.96. The highest BCUT2D eigenvalue weighted by Crippen LogP contribution is 2.15. The molecule has 1 aromatic rings. The first-order valence-corrected chi connectivity index (χ1v) is 5.31. The summed E-state index contributed by atoms with van der Waals surface area (Å²) in [6.07, 6.45) is 0.794. The van der Waals surface area contributed by atoms with Crippen molar-refractivity contribution in [1.29, 1.82) is 0 Å². The minimum Gasteiger partial charge on any atom is -0.349 e. The zero-order valence-corrected chi connectivity index (χ0v) is 9.11. The maximum atomic E-state index is 10.9. The van der Waals surface area contributed by atoms with Gasteiger partial charge in [-0.3, -0.25) is 9.59 Å². The fraction of sp³-hybridized carbons (Fsp3) is 0.400. The summed E-state index contributed by atoms with van der Waals surface area (Å²) < 4.78 is 0. The van der Waals surface area contributed by atoms with Crippen LogP contribution in [0.5, 0.6) is 0 Å². The Morgan fingerprint density at radius 3 is 2.71 bits per heavy atom. The van der Waals surface area contributed by atoms with Crippen molar-refractivity contribution in [2.45, 2.75) is 20.3 Å². The maximum Gasteiger partial charge on any atom is 0.287 e. The molecule has 0 saturated carbocycles. The standard InChI is InChI=1S/C10H13NO2S/c1-7-4-6-14-9(7)3-5-11-10(13)8(2)12/h4,6H,3,5H2,1-2H3,(H,11,13). The average molecular weight is 211 g/mol. The number of carbonyl (C=O) groups excluding carboxylic acids is 2. The van der Waals surface area contributed by atoms with Crippen molar-refractivity contribution in [3.05, 3.63) is 21.9 Å². The molecule has 0 aliphatic carbocycles. The molecule has 0 atom stereocenters. The SMILES string of the molecule is CC(=O)C(=O)NCCc1sccc1C. The lowest BCUT2D eigenvalue weighted by Gasteiger charge is -2.01. The summed E-state index contributed by atoms with van der Waals surface area (Å²) in [5.74, 6) is -0.938. The number of Topliss-reactive ketones (excluding diaryl/α,β-unsaturated/α-hetero) is 1. The van der Waals surface area contributed by atoms with Crippen LogP contribution in [0.4, 0.5) is 0 Å². The van der Waals surface area contributed by atoms with E-state index in [2.05, 4.69) is 5.32 Å². The van der Waals surface area contributed by atoms with Gasteiger partial charge in [-0.15, -0.1) is 11.3 Å². The topological polar surface area (TPSA) is 46.2 Å². The molecule has 76 valence electrons. The van der Waals surface area contributed by atoms with Crippen LogP contribution in [0.1, 0.15) is 17.4 Å². The number of hydrogen-bond donors (Lipinski definition) is 1. The van der Waals surface area contributed by atoms with Gasteiger partial charge in [0.1, 0.15) is 0 Å². The van der Waals surface area contributed by atoms with Crippen LogP contribution < -0.4 is 5.32 Å². The highest BCUT2D eigenvalue weighted by molar-refractivity contribution is 7.10. The van der Waals surface area contributed by atoms with Crippen LogP contribution in [0, 0.1) is 6.92 Å². The van der Waals surface area contributed by atoms with Gasteiger partial charge in [-0.2, -0.15) is 0 Å². The molecule has 0 unspecified atom stereocenters. The Balaban J connectivity index is 2.32. The van der Waals surface area contributed by atoms with Crippen LogP contribution in [-0.4, -0.2) is 18.2 Å². The molecule has 0 spiro atoms. The van der Waals surface area contributed by atoms with Crippen molar-refractivity contribution in [3.63, 3.8) is 0 Å². The zero-order chi connectivity index (χ0) is 10.6. The molecule has 0 fully saturated rings. The lowest BCUT2D eigenvalue weighted by atomic mass is 10.2. The van der Waals surface area contributed by atoms with Crippen molar-refractivity contribution < 1.29 is 9.59 Å². The minimum atomic E-state index is -0.501. The van der Waals surface area contributed by atoms with Crippen LogP contribution >= 0.6 is 11.3 Å². The summed E-state index contributed by atoms with van der Waals surface area (Å²) >= 11 is 1.67. The number of nitrogens with one attached hydrogen (secondary N) is 1. The van der Waals surface area contributed by atoms with Crippen LogP contribution in [0.2, 0.25) is 0 Å². The molecule has 1 N–H and O–H groups in total. The Morgan fingerprint density at radius 2 is 2.21 bits per heavy atom. The Bertz CT molecular complexity index is 344. The normalized spacial score (nSPS) is 9.86. The van der Waals surface area contributed by atoms with E-state index in [1.54, 1.807) is 11.3 Å². The van der Waals surface area contributed by atoms with E-state index in [1.165, 1.54) is 17.4 Å². The van der Waals surface area contributed by atoms with Gasteiger partial charge in [-0.05, 0) is 30.4 Å². The third-order valence-corrected chi connectivity index (χ3v) is 3.01. The van der Waals surface area contributed by atoms with Gasteiger partial charge >= 0.3 is 0 Å². The molecule has 0 saturated heterocycles. The smallest absolute Gasteiger partial charge is 0.287 e. The van der Waals surface area contributed by atoms with Crippen LogP contribution in [0.25, 0.3) is 0 Å². The van der Waals surface area contributed by atoms with Crippen molar-refractivity contribution in [3.8, 4) is 0 Å². The molecule has 3 nitrogen and oxygen atoms in total. The first-order chi connectivity index (χ1) is 6.61. The highest BCUT2D eigenvalue weighted by Gasteiger charge is 2.06. The first kappa shape index (κ1) is 10.9. The van der Waals surface area contributed by atoms with E-state index >= 15 is 0 Å². The molecule has 4 heteroatoms. The van der Waals surface area contributed by atoms with E-state index in [-0.39, 0.29) is 0 Å². The zero-order valence-electron chi connectivity index (χ0n) is 8.29. The molecule has 1 amide bonds. The number of rotatable bonds is 4. The third-order valence-electron chi connectivity index (χ3n) is 1.93. The van der Waals surface area contributed by atoms with Gasteiger partial charge in [0.15, 0.2) is 0 Å². The van der Waals surface area contributed by atoms with Gasteiger partial charge in [0, 0.05) is 18.3 Å². The predicted molar refractivity (Wildman–Crippen MR) is 56.5 cm³/mol. The molecule has 0 radical (unpaired) electrons. The highest BCUT2D eigenvalue weighted by atomic mass is 32.1. The van der Waals surface area contributed by atoms with Gasteiger partial charge in [0.25, 0.3) is 5.91 Å².